The van der Waals surface area contributed by atoms with Gasteiger partial charge >= 0.3 is 0 Å². The van der Waals surface area contributed by atoms with Crippen molar-refractivity contribution in [2.75, 3.05) is 0 Å². The van der Waals surface area contributed by atoms with Crippen LogP contribution in [0, 0.1) is 0 Å². The van der Waals surface area contributed by atoms with Crippen LogP contribution in [0.4, 0.5) is 0 Å². The molecule has 0 aliphatic rings. The average molecular weight is 201 g/mol. The first-order valence-electron chi connectivity index (χ1n) is 4.34. The number of nitrogens with one attached hydrogen (secondary N) is 1. The van der Waals surface area contributed by atoms with Crippen molar-refractivity contribution >= 4 is 32.3 Å². The molecular weight excluding hydrogens is 194 g/mol. The Labute approximate surface area is 83.8 Å². The second kappa shape index (κ2) is 2.69. The number of hydrogen-bond donors (Lipinski definition) is 1. The summed E-state index contributed by atoms with van der Waals surface area (Å²) >= 11 is 1.69. The number of rotatable bonds is 0. The highest BCUT2D eigenvalue weighted by Gasteiger charge is 2.02. The summed E-state index contributed by atoms with van der Waals surface area (Å²) in [5, 5.41) is 4.21. The molecule has 0 spiro atoms. The van der Waals surface area contributed by atoms with Crippen LogP contribution in [0.1, 0.15) is 0 Å². The Morgan fingerprint density at radius 3 is 3.00 bits per heavy atom. The van der Waals surface area contributed by atoms with E-state index in [0.717, 1.165) is 16.3 Å². The summed E-state index contributed by atoms with van der Waals surface area (Å²) in [6.45, 7) is 0. The lowest BCUT2D eigenvalue weighted by molar-refractivity contribution is 1.36. The summed E-state index contributed by atoms with van der Waals surface area (Å²) in [4.78, 5) is 14.0. The van der Waals surface area contributed by atoms with Gasteiger partial charge < -0.3 is 4.98 Å². The fraction of sp³-hybridized carbons (Fsp3) is 0. The molecule has 2 nitrogen and oxygen atoms in total. The van der Waals surface area contributed by atoms with Gasteiger partial charge in [-0.25, -0.2) is 0 Å². The Bertz CT molecular complexity index is 665. The molecule has 3 rings (SSSR count). The number of aromatic nitrogens is 1. The summed E-state index contributed by atoms with van der Waals surface area (Å²) in [6.07, 6.45) is 0. The topological polar surface area (TPSA) is 32.9 Å². The Morgan fingerprint density at radius 1 is 1.14 bits per heavy atom. The largest absolute Gasteiger partial charge is 0.322 e. The highest BCUT2D eigenvalue weighted by atomic mass is 32.1. The zero-order chi connectivity index (χ0) is 9.54. The van der Waals surface area contributed by atoms with E-state index >= 15 is 0 Å². The van der Waals surface area contributed by atoms with Gasteiger partial charge in [-0.15, -0.1) is 11.3 Å². The van der Waals surface area contributed by atoms with Crippen molar-refractivity contribution in [1.29, 1.82) is 0 Å². The first-order chi connectivity index (χ1) is 6.84. The first-order valence-corrected chi connectivity index (χ1v) is 5.22. The lowest BCUT2D eigenvalue weighted by atomic mass is 10.2. The fourth-order valence-corrected chi connectivity index (χ4v) is 2.46. The van der Waals surface area contributed by atoms with Crippen LogP contribution >= 0.6 is 11.3 Å². The molecule has 3 heteroatoms. The molecule has 0 aliphatic carbocycles. The number of benzene rings is 1. The van der Waals surface area contributed by atoms with Crippen molar-refractivity contribution in [3.05, 3.63) is 46.1 Å². The smallest absolute Gasteiger partial charge is 0.249 e. The zero-order valence-electron chi connectivity index (χ0n) is 7.28. The van der Waals surface area contributed by atoms with E-state index in [1.165, 1.54) is 4.70 Å². The Morgan fingerprint density at radius 2 is 2.07 bits per heavy atom. The quantitative estimate of drug-likeness (QED) is 0.596. The summed E-state index contributed by atoms with van der Waals surface area (Å²) < 4.78 is 1.21. The van der Waals surface area contributed by atoms with Crippen molar-refractivity contribution in [2.24, 2.45) is 0 Å². The summed E-state index contributed by atoms with van der Waals surface area (Å²) in [5.41, 5.74) is 0.891. The fourth-order valence-electron chi connectivity index (χ4n) is 1.70. The molecule has 0 atom stereocenters. The Kier molecular flexibility index (Phi) is 1.49. The van der Waals surface area contributed by atoms with Crippen LogP contribution in [-0.2, 0) is 0 Å². The van der Waals surface area contributed by atoms with Crippen LogP contribution in [0.3, 0.4) is 0 Å². The number of aromatic amines is 1. The third kappa shape index (κ3) is 0.992. The molecule has 14 heavy (non-hydrogen) atoms. The van der Waals surface area contributed by atoms with Gasteiger partial charge in [0.2, 0.25) is 5.56 Å². The molecule has 1 N–H and O–H groups in total. The maximum absolute atomic E-state index is 11.2. The van der Waals surface area contributed by atoms with E-state index in [1.807, 2.05) is 29.6 Å². The molecule has 2 heterocycles. The van der Waals surface area contributed by atoms with E-state index in [1.54, 1.807) is 17.4 Å². The second-order valence-corrected chi connectivity index (χ2v) is 4.13. The summed E-state index contributed by atoms with van der Waals surface area (Å²) in [5.74, 6) is 0. The Balaban J connectivity index is 2.66. The second-order valence-electron chi connectivity index (χ2n) is 3.19. The van der Waals surface area contributed by atoms with Gasteiger partial charge in [0.1, 0.15) is 0 Å². The molecule has 2 aromatic heterocycles. The van der Waals surface area contributed by atoms with Gasteiger partial charge in [0.25, 0.3) is 0 Å². The van der Waals surface area contributed by atoms with Gasteiger partial charge in [-0.1, -0.05) is 12.1 Å². The first kappa shape index (κ1) is 7.76. The highest BCUT2D eigenvalue weighted by molar-refractivity contribution is 7.16. The van der Waals surface area contributed by atoms with E-state index in [-0.39, 0.29) is 5.56 Å². The van der Waals surface area contributed by atoms with E-state index in [0.29, 0.717) is 0 Å². The predicted molar refractivity (Wildman–Crippen MR) is 60.0 cm³/mol. The molecule has 0 fully saturated rings. The van der Waals surface area contributed by atoms with E-state index in [4.69, 9.17) is 0 Å². The van der Waals surface area contributed by atoms with Crippen molar-refractivity contribution < 1.29 is 0 Å². The van der Waals surface area contributed by atoms with Crippen LogP contribution in [0.25, 0.3) is 21.0 Å². The zero-order valence-corrected chi connectivity index (χ0v) is 8.10. The third-order valence-electron chi connectivity index (χ3n) is 2.32. The summed E-state index contributed by atoms with van der Waals surface area (Å²) in [6, 6.07) is 9.70. The predicted octanol–water partition coefficient (Wildman–Crippen LogP) is 2.74. The van der Waals surface area contributed by atoms with Gasteiger partial charge in [0, 0.05) is 27.1 Å². The minimum absolute atomic E-state index is 0.0265. The molecule has 0 saturated heterocycles. The van der Waals surface area contributed by atoms with Gasteiger partial charge in [0.05, 0.1) is 0 Å². The molecule has 0 bridgehead atoms. The molecule has 0 amide bonds. The number of hydrogen-bond acceptors (Lipinski definition) is 2. The lowest BCUT2D eigenvalue weighted by Gasteiger charge is -1.96. The van der Waals surface area contributed by atoms with E-state index < -0.39 is 0 Å². The standard InChI is InChI=1S/C11H7NOS/c13-11-6-8-7-2-1-5-14-10(7)4-3-9(8)12-11/h1-6H,(H,12,13). The monoisotopic (exact) mass is 201 g/mol. The average Bonchev–Trinajstić information content (AvgIpc) is 2.59. The highest BCUT2D eigenvalue weighted by Crippen LogP contribution is 2.25. The minimum atomic E-state index is -0.0265. The van der Waals surface area contributed by atoms with Crippen LogP contribution in [-0.4, -0.2) is 4.98 Å². The SMILES string of the molecule is O=c1cc2c(ccc3scccc32)[nH]1. The maximum atomic E-state index is 11.2. The normalized spacial score (nSPS) is 11.1. The van der Waals surface area contributed by atoms with Gasteiger partial charge in [-0.05, 0) is 17.5 Å². The van der Waals surface area contributed by atoms with Crippen LogP contribution in [0.5, 0.6) is 0 Å². The lowest BCUT2D eigenvalue weighted by Crippen LogP contribution is -1.92. The minimum Gasteiger partial charge on any atom is -0.322 e. The van der Waals surface area contributed by atoms with Crippen LogP contribution < -0.4 is 5.56 Å². The van der Waals surface area contributed by atoms with Crippen molar-refractivity contribution in [2.45, 2.75) is 0 Å². The van der Waals surface area contributed by atoms with Crippen LogP contribution in [0.2, 0.25) is 0 Å². The Hall–Kier alpha value is -1.61. The van der Waals surface area contributed by atoms with E-state index in [9.17, 15) is 4.79 Å². The molecule has 1 aromatic carbocycles. The van der Waals surface area contributed by atoms with Gasteiger partial charge in [0.15, 0.2) is 0 Å². The third-order valence-corrected chi connectivity index (χ3v) is 3.22. The molecule has 0 radical (unpaired) electrons. The number of fused-ring (bicyclic) bond motifs is 3. The van der Waals surface area contributed by atoms with Crippen LogP contribution in [0.15, 0.2) is 40.5 Å². The van der Waals surface area contributed by atoms with Gasteiger partial charge in [-0.3, -0.25) is 4.79 Å². The molecule has 3 aromatic rings. The van der Waals surface area contributed by atoms with Crippen molar-refractivity contribution in [3.8, 4) is 0 Å². The van der Waals surface area contributed by atoms with Gasteiger partial charge in [-0.2, -0.15) is 0 Å². The molecule has 0 unspecified atom stereocenters. The van der Waals surface area contributed by atoms with Crippen molar-refractivity contribution in [3.63, 3.8) is 0 Å². The maximum Gasteiger partial charge on any atom is 0.249 e. The molecule has 68 valence electrons. The molecule has 0 saturated carbocycles. The van der Waals surface area contributed by atoms with E-state index in [2.05, 4.69) is 4.98 Å². The van der Waals surface area contributed by atoms with Crippen molar-refractivity contribution in [1.82, 2.24) is 4.98 Å². The molecule has 0 aliphatic heterocycles. The summed E-state index contributed by atoms with van der Waals surface area (Å²) in [7, 11) is 0. The number of H-pyrrole nitrogens is 1. The molecular formula is C11H7NOS.